The molecule has 1 aromatic rings. The zero-order valence-corrected chi connectivity index (χ0v) is 9.82. The number of hydrogen-bond donors (Lipinski definition) is 1. The van der Waals surface area contributed by atoms with Crippen molar-refractivity contribution >= 4 is 5.82 Å². The third kappa shape index (κ3) is 3.47. The Labute approximate surface area is 91.5 Å². The second-order valence-corrected chi connectivity index (χ2v) is 3.64. The molecule has 0 saturated carbocycles. The lowest BCUT2D eigenvalue weighted by atomic mass is 10.3. The Hall–Kier alpha value is -1.16. The Morgan fingerprint density at radius 2 is 2.07 bits per heavy atom. The third-order valence-corrected chi connectivity index (χ3v) is 2.29. The standard InChI is InChI=1S/C11H20N4/c1-4-15(7-5-6-12)11-8-9(2)13-10(3)14-11/h8H,4-7,12H2,1-3H3. The molecule has 0 aromatic carbocycles. The maximum absolute atomic E-state index is 5.51. The molecule has 1 aromatic heterocycles. The SMILES string of the molecule is CCN(CCCN)c1cc(C)nc(C)n1. The van der Waals surface area contributed by atoms with Gasteiger partial charge in [0.2, 0.25) is 0 Å². The Morgan fingerprint density at radius 1 is 1.33 bits per heavy atom. The molecule has 2 N–H and O–H groups in total. The van der Waals surface area contributed by atoms with Gasteiger partial charge in [-0.05, 0) is 33.7 Å². The summed E-state index contributed by atoms with van der Waals surface area (Å²) in [6, 6.07) is 2.02. The van der Waals surface area contributed by atoms with Crippen molar-refractivity contribution in [2.75, 3.05) is 24.5 Å². The number of aryl methyl sites for hydroxylation is 2. The predicted octanol–water partition coefficient (Wildman–Crippen LogP) is 1.27. The van der Waals surface area contributed by atoms with Crippen molar-refractivity contribution in [1.82, 2.24) is 9.97 Å². The van der Waals surface area contributed by atoms with Gasteiger partial charge in [0, 0.05) is 24.8 Å². The van der Waals surface area contributed by atoms with Crippen LogP contribution in [0.4, 0.5) is 5.82 Å². The summed E-state index contributed by atoms with van der Waals surface area (Å²) in [6.07, 6.45) is 0.996. The molecule has 4 heteroatoms. The summed E-state index contributed by atoms with van der Waals surface area (Å²) in [5, 5.41) is 0. The third-order valence-electron chi connectivity index (χ3n) is 2.29. The fourth-order valence-corrected chi connectivity index (χ4v) is 1.58. The van der Waals surface area contributed by atoms with E-state index >= 15 is 0 Å². The maximum Gasteiger partial charge on any atom is 0.132 e. The zero-order chi connectivity index (χ0) is 11.3. The molecule has 0 radical (unpaired) electrons. The van der Waals surface area contributed by atoms with Crippen LogP contribution in [0.1, 0.15) is 24.9 Å². The lowest BCUT2D eigenvalue weighted by Gasteiger charge is -2.22. The summed E-state index contributed by atoms with van der Waals surface area (Å²) in [5.74, 6) is 1.84. The molecule has 0 saturated heterocycles. The number of rotatable bonds is 5. The predicted molar refractivity (Wildman–Crippen MR) is 63.1 cm³/mol. The summed E-state index contributed by atoms with van der Waals surface area (Å²) in [5.41, 5.74) is 6.53. The van der Waals surface area contributed by atoms with E-state index in [9.17, 15) is 0 Å². The van der Waals surface area contributed by atoms with E-state index in [4.69, 9.17) is 5.73 Å². The molecule has 0 spiro atoms. The molecule has 0 aliphatic heterocycles. The van der Waals surface area contributed by atoms with Crippen molar-refractivity contribution in [1.29, 1.82) is 0 Å². The second-order valence-electron chi connectivity index (χ2n) is 3.64. The van der Waals surface area contributed by atoms with Crippen molar-refractivity contribution < 1.29 is 0 Å². The molecule has 15 heavy (non-hydrogen) atoms. The minimum Gasteiger partial charge on any atom is -0.357 e. The van der Waals surface area contributed by atoms with Crippen LogP contribution in [0, 0.1) is 13.8 Å². The number of anilines is 1. The molecule has 0 unspecified atom stereocenters. The molecule has 0 atom stereocenters. The van der Waals surface area contributed by atoms with Gasteiger partial charge in [-0.2, -0.15) is 0 Å². The largest absolute Gasteiger partial charge is 0.357 e. The van der Waals surface area contributed by atoms with Crippen LogP contribution in [-0.2, 0) is 0 Å². The Bertz CT molecular complexity index is 291. The molecule has 4 nitrogen and oxygen atoms in total. The van der Waals surface area contributed by atoms with E-state index < -0.39 is 0 Å². The number of hydrogen-bond acceptors (Lipinski definition) is 4. The van der Waals surface area contributed by atoms with Gasteiger partial charge in [0.05, 0.1) is 0 Å². The molecule has 1 rings (SSSR count). The van der Waals surface area contributed by atoms with E-state index in [1.807, 2.05) is 19.9 Å². The Balaban J connectivity index is 2.81. The van der Waals surface area contributed by atoms with Gasteiger partial charge in [0.25, 0.3) is 0 Å². The summed E-state index contributed by atoms with van der Waals surface area (Å²) in [6.45, 7) is 8.68. The topological polar surface area (TPSA) is 55.0 Å². The van der Waals surface area contributed by atoms with Gasteiger partial charge in [0.15, 0.2) is 0 Å². The Morgan fingerprint density at radius 3 is 2.60 bits per heavy atom. The van der Waals surface area contributed by atoms with Crippen LogP contribution >= 0.6 is 0 Å². The van der Waals surface area contributed by atoms with Crippen LogP contribution in [0.5, 0.6) is 0 Å². The molecule has 1 heterocycles. The van der Waals surface area contributed by atoms with E-state index in [-0.39, 0.29) is 0 Å². The highest BCUT2D eigenvalue weighted by Gasteiger charge is 2.06. The molecule has 0 bridgehead atoms. The Kier molecular flexibility index (Phi) is 4.49. The van der Waals surface area contributed by atoms with Gasteiger partial charge in [-0.25, -0.2) is 9.97 Å². The van der Waals surface area contributed by atoms with Crippen molar-refractivity contribution in [3.8, 4) is 0 Å². The molecular formula is C11H20N4. The van der Waals surface area contributed by atoms with E-state index in [1.165, 1.54) is 0 Å². The zero-order valence-electron chi connectivity index (χ0n) is 9.82. The first-order valence-corrected chi connectivity index (χ1v) is 5.44. The van der Waals surface area contributed by atoms with Crippen LogP contribution in [-0.4, -0.2) is 29.6 Å². The summed E-state index contributed by atoms with van der Waals surface area (Å²) in [7, 11) is 0. The molecule has 84 valence electrons. The highest BCUT2D eigenvalue weighted by Crippen LogP contribution is 2.12. The molecule has 0 aliphatic rings. The second kappa shape index (κ2) is 5.66. The first-order chi connectivity index (χ1) is 7.17. The van der Waals surface area contributed by atoms with Crippen LogP contribution in [0.15, 0.2) is 6.07 Å². The van der Waals surface area contributed by atoms with Crippen molar-refractivity contribution in [2.24, 2.45) is 5.73 Å². The molecule has 0 aliphatic carbocycles. The fourth-order valence-electron chi connectivity index (χ4n) is 1.58. The molecule has 0 fully saturated rings. The lowest BCUT2D eigenvalue weighted by Crippen LogP contribution is -2.27. The monoisotopic (exact) mass is 208 g/mol. The van der Waals surface area contributed by atoms with Crippen LogP contribution in [0.25, 0.3) is 0 Å². The number of nitrogens with two attached hydrogens (primary N) is 1. The van der Waals surface area contributed by atoms with E-state index in [2.05, 4.69) is 21.8 Å². The van der Waals surface area contributed by atoms with Crippen LogP contribution in [0.2, 0.25) is 0 Å². The van der Waals surface area contributed by atoms with Crippen molar-refractivity contribution in [3.05, 3.63) is 17.6 Å². The summed E-state index contributed by atoms with van der Waals surface area (Å²) >= 11 is 0. The number of aromatic nitrogens is 2. The van der Waals surface area contributed by atoms with Crippen molar-refractivity contribution in [3.63, 3.8) is 0 Å². The lowest BCUT2D eigenvalue weighted by molar-refractivity contribution is 0.740. The van der Waals surface area contributed by atoms with Crippen molar-refractivity contribution in [2.45, 2.75) is 27.2 Å². The van der Waals surface area contributed by atoms with Crippen LogP contribution in [0.3, 0.4) is 0 Å². The van der Waals surface area contributed by atoms with E-state index in [1.54, 1.807) is 0 Å². The molecule has 0 amide bonds. The summed E-state index contributed by atoms with van der Waals surface area (Å²) < 4.78 is 0. The highest BCUT2D eigenvalue weighted by molar-refractivity contribution is 5.39. The first kappa shape index (κ1) is 11.9. The normalized spacial score (nSPS) is 10.4. The average Bonchev–Trinajstić information content (AvgIpc) is 2.17. The maximum atomic E-state index is 5.51. The quantitative estimate of drug-likeness (QED) is 0.791. The highest BCUT2D eigenvalue weighted by atomic mass is 15.2. The van der Waals surface area contributed by atoms with E-state index in [0.717, 1.165) is 43.4 Å². The first-order valence-electron chi connectivity index (χ1n) is 5.44. The van der Waals surface area contributed by atoms with E-state index in [0.29, 0.717) is 0 Å². The van der Waals surface area contributed by atoms with Gasteiger partial charge in [-0.3, -0.25) is 0 Å². The summed E-state index contributed by atoms with van der Waals surface area (Å²) in [4.78, 5) is 10.9. The number of nitrogens with zero attached hydrogens (tertiary/aromatic N) is 3. The minimum atomic E-state index is 0.722. The van der Waals surface area contributed by atoms with Gasteiger partial charge in [-0.1, -0.05) is 0 Å². The van der Waals surface area contributed by atoms with Gasteiger partial charge in [-0.15, -0.1) is 0 Å². The smallest absolute Gasteiger partial charge is 0.132 e. The van der Waals surface area contributed by atoms with Gasteiger partial charge in [0.1, 0.15) is 11.6 Å². The fraction of sp³-hybridized carbons (Fsp3) is 0.636. The average molecular weight is 208 g/mol. The van der Waals surface area contributed by atoms with Gasteiger partial charge < -0.3 is 10.6 Å². The van der Waals surface area contributed by atoms with Crippen LogP contribution < -0.4 is 10.6 Å². The van der Waals surface area contributed by atoms with Gasteiger partial charge >= 0.3 is 0 Å². The molecular weight excluding hydrogens is 188 g/mol. The minimum absolute atomic E-state index is 0.722.